The lowest BCUT2D eigenvalue weighted by Gasteiger charge is -2.15. The van der Waals surface area contributed by atoms with E-state index in [9.17, 15) is 9.00 Å². The molecule has 0 aliphatic rings. The predicted octanol–water partition coefficient (Wildman–Crippen LogP) is 4.24. The average Bonchev–Trinajstić information content (AvgIpc) is 3.26. The average molecular weight is 478 g/mol. The van der Waals surface area contributed by atoms with Crippen LogP contribution in [0.2, 0.25) is 5.02 Å². The molecule has 32 heavy (non-hydrogen) atoms. The van der Waals surface area contributed by atoms with E-state index in [2.05, 4.69) is 5.32 Å². The first-order chi connectivity index (χ1) is 15.5. The Hall–Kier alpha value is -2.97. The molecule has 0 radical (unpaired) electrons. The lowest BCUT2D eigenvalue weighted by molar-refractivity contribution is 0.0925. The molecule has 3 rings (SSSR count). The van der Waals surface area contributed by atoms with Gasteiger partial charge in [0.25, 0.3) is 5.91 Å². The van der Waals surface area contributed by atoms with Gasteiger partial charge in [-0.25, -0.2) is 0 Å². The van der Waals surface area contributed by atoms with Crippen molar-refractivity contribution in [2.45, 2.75) is 17.1 Å². The van der Waals surface area contributed by atoms with Crippen molar-refractivity contribution in [1.82, 2.24) is 5.32 Å². The van der Waals surface area contributed by atoms with Crippen LogP contribution >= 0.6 is 11.6 Å². The van der Waals surface area contributed by atoms with Gasteiger partial charge in [0.2, 0.25) is 5.75 Å². The van der Waals surface area contributed by atoms with E-state index >= 15 is 0 Å². The quantitative estimate of drug-likeness (QED) is 0.470. The van der Waals surface area contributed by atoms with Crippen LogP contribution in [0.1, 0.15) is 21.9 Å². The second-order valence-corrected chi connectivity index (χ2v) is 8.60. The summed E-state index contributed by atoms with van der Waals surface area (Å²) in [4.78, 5) is 13.1. The minimum atomic E-state index is -1.33. The van der Waals surface area contributed by atoms with Crippen molar-refractivity contribution in [1.29, 1.82) is 0 Å². The third kappa shape index (κ3) is 5.63. The predicted molar refractivity (Wildman–Crippen MR) is 122 cm³/mol. The van der Waals surface area contributed by atoms with Gasteiger partial charge >= 0.3 is 0 Å². The minimum absolute atomic E-state index is 0.149. The Labute approximate surface area is 194 Å². The maximum Gasteiger partial charge on any atom is 0.287 e. The number of halogens is 1. The molecule has 0 unspecified atom stereocenters. The van der Waals surface area contributed by atoms with Crippen LogP contribution in [0.4, 0.5) is 0 Å². The van der Waals surface area contributed by atoms with Crippen LogP contribution in [0, 0.1) is 0 Å². The third-order valence-corrected chi connectivity index (χ3v) is 6.24. The molecule has 0 bridgehead atoms. The van der Waals surface area contributed by atoms with Crippen LogP contribution in [-0.4, -0.2) is 38.0 Å². The third-order valence-electron chi connectivity index (χ3n) is 4.68. The van der Waals surface area contributed by atoms with E-state index in [1.165, 1.54) is 0 Å². The maximum absolute atomic E-state index is 12.5. The number of hydrogen-bond acceptors (Lipinski definition) is 6. The highest BCUT2D eigenvalue weighted by atomic mass is 35.5. The fraction of sp³-hybridized carbons (Fsp3) is 0.261. The summed E-state index contributed by atoms with van der Waals surface area (Å²) >= 11 is 5.95. The van der Waals surface area contributed by atoms with E-state index in [0.29, 0.717) is 45.9 Å². The molecule has 0 spiro atoms. The second kappa shape index (κ2) is 11.1. The number of amides is 1. The topological polar surface area (TPSA) is 87.0 Å². The normalized spacial score (nSPS) is 11.6. The number of methoxy groups -OCH3 is 3. The number of nitrogens with one attached hydrogen (secondary N) is 1. The van der Waals surface area contributed by atoms with Gasteiger partial charge in [-0.3, -0.25) is 9.00 Å². The van der Waals surface area contributed by atoms with Gasteiger partial charge in [-0.1, -0.05) is 23.7 Å². The Kier molecular flexibility index (Phi) is 8.19. The molecule has 0 saturated carbocycles. The molecular formula is C23H24ClNO6S. The maximum atomic E-state index is 12.5. The fourth-order valence-electron chi connectivity index (χ4n) is 3.16. The zero-order valence-electron chi connectivity index (χ0n) is 18.0. The summed E-state index contributed by atoms with van der Waals surface area (Å²) in [6.45, 7) is 0.356. The Balaban J connectivity index is 1.58. The van der Waals surface area contributed by atoms with E-state index in [1.54, 1.807) is 63.8 Å². The first kappa shape index (κ1) is 23.7. The number of furan rings is 1. The molecule has 1 N–H and O–H groups in total. The number of carbonyl (C=O) groups excluding carboxylic acids is 1. The zero-order valence-corrected chi connectivity index (χ0v) is 19.5. The Morgan fingerprint density at radius 1 is 1.03 bits per heavy atom. The van der Waals surface area contributed by atoms with Crippen LogP contribution in [0.5, 0.6) is 17.2 Å². The van der Waals surface area contributed by atoms with E-state index in [4.69, 9.17) is 30.2 Å². The van der Waals surface area contributed by atoms with Crippen molar-refractivity contribution in [2.75, 3.05) is 27.9 Å². The molecule has 0 aliphatic carbocycles. The van der Waals surface area contributed by atoms with E-state index in [0.717, 1.165) is 5.56 Å². The van der Waals surface area contributed by atoms with Gasteiger partial charge in [0.05, 0.1) is 37.9 Å². The number of ether oxygens (including phenoxy) is 3. The summed E-state index contributed by atoms with van der Waals surface area (Å²) in [6, 6.07) is 13.7. The molecule has 1 aromatic heterocycles. The summed E-state index contributed by atoms with van der Waals surface area (Å²) in [5.41, 5.74) is 0.863. The molecule has 0 saturated heterocycles. The molecule has 7 nitrogen and oxygen atoms in total. The van der Waals surface area contributed by atoms with Crippen LogP contribution in [0.15, 0.2) is 57.8 Å². The lowest BCUT2D eigenvalue weighted by atomic mass is 10.1. The molecule has 1 heterocycles. The highest BCUT2D eigenvalue weighted by Gasteiger charge is 2.17. The van der Waals surface area contributed by atoms with E-state index in [-0.39, 0.29) is 17.4 Å². The molecule has 1 atom stereocenters. The van der Waals surface area contributed by atoms with Gasteiger partial charge in [-0.05, 0) is 42.8 Å². The summed E-state index contributed by atoms with van der Waals surface area (Å²) in [6.07, 6.45) is 0.515. The molecule has 1 amide bonds. The Morgan fingerprint density at radius 3 is 2.50 bits per heavy atom. The Morgan fingerprint density at radius 2 is 1.81 bits per heavy atom. The van der Waals surface area contributed by atoms with Crippen molar-refractivity contribution in [2.24, 2.45) is 0 Å². The first-order valence-electron chi connectivity index (χ1n) is 9.75. The molecular weight excluding hydrogens is 454 g/mol. The van der Waals surface area contributed by atoms with Gasteiger partial charge in [0, 0.05) is 22.0 Å². The number of rotatable bonds is 10. The molecule has 9 heteroatoms. The first-order valence-corrected chi connectivity index (χ1v) is 11.4. The van der Waals surface area contributed by atoms with Gasteiger partial charge in [-0.2, -0.15) is 0 Å². The van der Waals surface area contributed by atoms with E-state index < -0.39 is 10.8 Å². The van der Waals surface area contributed by atoms with Crippen LogP contribution in [0.25, 0.3) is 0 Å². The largest absolute Gasteiger partial charge is 0.493 e. The minimum Gasteiger partial charge on any atom is -0.493 e. The van der Waals surface area contributed by atoms with Crippen LogP contribution in [0.3, 0.4) is 0 Å². The standard InChI is InChI=1S/C23H24ClNO6S/c1-28-19-9-7-15(21(29-2)22(19)30-3)11-12-25-23(26)20-10-8-17(31-20)14-32(27)18-6-4-5-16(24)13-18/h4-10,13H,11-12,14H2,1-3H3,(H,25,26)/t32-/m1/s1. The van der Waals surface area contributed by atoms with Crippen molar-refractivity contribution < 1.29 is 27.6 Å². The smallest absolute Gasteiger partial charge is 0.287 e. The fourth-order valence-corrected chi connectivity index (χ4v) is 4.48. The van der Waals surface area contributed by atoms with Gasteiger partial charge in [0.1, 0.15) is 5.76 Å². The second-order valence-electron chi connectivity index (χ2n) is 6.71. The van der Waals surface area contributed by atoms with Crippen molar-refractivity contribution in [3.05, 3.63) is 70.6 Å². The van der Waals surface area contributed by atoms with Gasteiger partial charge < -0.3 is 23.9 Å². The van der Waals surface area contributed by atoms with Crippen LogP contribution < -0.4 is 19.5 Å². The van der Waals surface area contributed by atoms with Crippen molar-refractivity contribution in [3.8, 4) is 17.2 Å². The van der Waals surface area contributed by atoms with Gasteiger partial charge in [0.15, 0.2) is 17.3 Å². The van der Waals surface area contributed by atoms with E-state index in [1.807, 2.05) is 6.07 Å². The molecule has 3 aromatic rings. The SMILES string of the molecule is COc1ccc(CCNC(=O)c2ccc(C[S@@](=O)c3cccc(Cl)c3)o2)c(OC)c1OC. The molecule has 0 fully saturated rings. The molecule has 0 aliphatic heterocycles. The Bertz CT molecular complexity index is 1110. The summed E-state index contributed by atoms with van der Waals surface area (Å²) < 4.78 is 34.2. The zero-order chi connectivity index (χ0) is 23.1. The number of carbonyl (C=O) groups is 1. The van der Waals surface area contributed by atoms with Crippen molar-refractivity contribution >= 4 is 28.3 Å². The lowest BCUT2D eigenvalue weighted by Crippen LogP contribution is -2.25. The summed E-state index contributed by atoms with van der Waals surface area (Å²) in [5, 5.41) is 3.33. The number of hydrogen-bond donors (Lipinski definition) is 1. The monoisotopic (exact) mass is 477 g/mol. The number of benzene rings is 2. The molecule has 2 aromatic carbocycles. The highest BCUT2D eigenvalue weighted by molar-refractivity contribution is 7.84. The molecule has 170 valence electrons. The van der Waals surface area contributed by atoms with Crippen molar-refractivity contribution in [3.63, 3.8) is 0 Å². The highest BCUT2D eigenvalue weighted by Crippen LogP contribution is 2.39. The van der Waals surface area contributed by atoms with Gasteiger partial charge in [-0.15, -0.1) is 0 Å². The summed E-state index contributed by atoms with van der Waals surface area (Å²) in [7, 11) is 3.32. The summed E-state index contributed by atoms with van der Waals surface area (Å²) in [5.74, 6) is 2.03. The van der Waals surface area contributed by atoms with Crippen LogP contribution in [-0.2, 0) is 23.0 Å².